The predicted molar refractivity (Wildman–Crippen MR) is 116 cm³/mol. The Hall–Kier alpha value is -3.91. The van der Waals surface area contributed by atoms with E-state index in [-0.39, 0.29) is 12.0 Å². The fourth-order valence-corrected chi connectivity index (χ4v) is 3.56. The molecule has 0 unspecified atom stereocenters. The van der Waals surface area contributed by atoms with Crippen LogP contribution in [0.2, 0.25) is 0 Å². The van der Waals surface area contributed by atoms with Gasteiger partial charge < -0.3 is 4.74 Å². The number of carbonyl (C=O) groups excluding carboxylic acids is 1. The second-order valence-corrected chi connectivity index (χ2v) is 6.98. The van der Waals surface area contributed by atoms with Gasteiger partial charge in [-0.15, -0.1) is 0 Å². The number of hydrogen-bond donors (Lipinski definition) is 0. The van der Waals surface area contributed by atoms with Crippen LogP contribution in [0.1, 0.15) is 46.4 Å². The molecule has 0 bridgehead atoms. The largest absolute Gasteiger partial charge is 0.462 e. The number of anilines is 1. The molecule has 1 heterocycles. The molecule has 0 aromatic heterocycles. The van der Waals surface area contributed by atoms with Crippen LogP contribution in [0, 0.1) is 11.3 Å². The smallest absolute Gasteiger partial charge is 0.338 e. The summed E-state index contributed by atoms with van der Waals surface area (Å²) in [7, 11) is 0. The van der Waals surface area contributed by atoms with E-state index >= 15 is 0 Å². The molecule has 1 aliphatic rings. The van der Waals surface area contributed by atoms with Crippen molar-refractivity contribution in [1.29, 1.82) is 5.26 Å². The van der Waals surface area contributed by atoms with Gasteiger partial charge in [0.2, 0.25) is 0 Å². The second kappa shape index (κ2) is 8.62. The van der Waals surface area contributed by atoms with Gasteiger partial charge in [-0.2, -0.15) is 10.4 Å². The van der Waals surface area contributed by atoms with Crippen molar-refractivity contribution in [2.45, 2.75) is 19.4 Å². The summed E-state index contributed by atoms with van der Waals surface area (Å²) in [4.78, 5) is 11.9. The predicted octanol–water partition coefficient (Wildman–Crippen LogP) is 5.09. The molecule has 4 rings (SSSR count). The summed E-state index contributed by atoms with van der Waals surface area (Å²) in [6, 6.07) is 27.3. The number of hydrogen-bond acceptors (Lipinski definition) is 5. The lowest BCUT2D eigenvalue weighted by Gasteiger charge is -2.24. The molecule has 5 nitrogen and oxygen atoms in total. The minimum Gasteiger partial charge on any atom is -0.462 e. The van der Waals surface area contributed by atoms with Crippen molar-refractivity contribution in [3.63, 3.8) is 0 Å². The zero-order valence-electron chi connectivity index (χ0n) is 16.7. The lowest BCUT2D eigenvalue weighted by Crippen LogP contribution is -2.18. The molecule has 1 atom stereocenters. The maximum absolute atomic E-state index is 11.9. The number of hydrazone groups is 1. The third kappa shape index (κ3) is 3.94. The van der Waals surface area contributed by atoms with Gasteiger partial charge >= 0.3 is 5.97 Å². The molecule has 0 saturated carbocycles. The molecule has 1 aliphatic heterocycles. The van der Waals surface area contributed by atoms with Crippen molar-refractivity contribution in [3.05, 3.63) is 101 Å². The Balaban J connectivity index is 1.66. The zero-order chi connectivity index (χ0) is 20.9. The number of ether oxygens (including phenoxy) is 1. The van der Waals surface area contributed by atoms with Gasteiger partial charge in [-0.1, -0.05) is 42.5 Å². The Morgan fingerprint density at radius 2 is 1.77 bits per heavy atom. The molecule has 0 N–H and O–H groups in total. The average molecular weight is 395 g/mol. The molecule has 5 heteroatoms. The normalized spacial score (nSPS) is 15.4. The summed E-state index contributed by atoms with van der Waals surface area (Å²) in [5, 5.41) is 16.0. The van der Waals surface area contributed by atoms with Crippen LogP contribution in [0.15, 0.2) is 84.0 Å². The molecular weight excluding hydrogens is 374 g/mol. The van der Waals surface area contributed by atoms with Crippen LogP contribution in [0.25, 0.3) is 0 Å². The topological polar surface area (TPSA) is 65.7 Å². The zero-order valence-corrected chi connectivity index (χ0v) is 16.7. The van der Waals surface area contributed by atoms with Crippen LogP contribution < -0.4 is 5.01 Å². The van der Waals surface area contributed by atoms with Gasteiger partial charge in [0.25, 0.3) is 0 Å². The summed E-state index contributed by atoms with van der Waals surface area (Å²) in [5.41, 5.74) is 5.17. The monoisotopic (exact) mass is 395 g/mol. The molecule has 3 aromatic carbocycles. The van der Waals surface area contributed by atoms with Crippen LogP contribution in [-0.2, 0) is 4.74 Å². The van der Waals surface area contributed by atoms with Gasteiger partial charge in [0.15, 0.2) is 0 Å². The Kier molecular flexibility index (Phi) is 5.58. The van der Waals surface area contributed by atoms with E-state index in [0.717, 1.165) is 23.4 Å². The minimum absolute atomic E-state index is 0.0545. The first-order valence-electron chi connectivity index (χ1n) is 9.89. The first-order chi connectivity index (χ1) is 14.7. The standard InChI is InChI=1S/C25H21N3O2/c1-2-30-25(29)21-12-10-19(11-13-21)23-16-24(20-6-4-3-5-7-20)28(27-23)22-14-8-18(17-26)9-15-22/h3-15,24H,2,16H2,1H3/t24-/m0/s1. The van der Waals surface area contributed by atoms with Crippen molar-refractivity contribution in [1.82, 2.24) is 0 Å². The van der Waals surface area contributed by atoms with Crippen LogP contribution in [-0.4, -0.2) is 18.3 Å². The SMILES string of the molecule is CCOC(=O)c1ccc(C2=NN(c3ccc(C#N)cc3)[C@H](c3ccccc3)C2)cc1. The van der Waals surface area contributed by atoms with Gasteiger partial charge in [0, 0.05) is 6.42 Å². The van der Waals surface area contributed by atoms with E-state index in [9.17, 15) is 4.79 Å². The maximum atomic E-state index is 11.9. The number of benzene rings is 3. The van der Waals surface area contributed by atoms with E-state index in [1.165, 1.54) is 5.56 Å². The number of nitriles is 1. The highest BCUT2D eigenvalue weighted by atomic mass is 16.5. The lowest BCUT2D eigenvalue weighted by atomic mass is 9.97. The Morgan fingerprint density at radius 1 is 1.07 bits per heavy atom. The highest BCUT2D eigenvalue weighted by Gasteiger charge is 2.29. The first-order valence-corrected chi connectivity index (χ1v) is 9.89. The van der Waals surface area contributed by atoms with E-state index < -0.39 is 0 Å². The third-order valence-corrected chi connectivity index (χ3v) is 5.08. The van der Waals surface area contributed by atoms with Gasteiger partial charge in [0.1, 0.15) is 0 Å². The maximum Gasteiger partial charge on any atom is 0.338 e. The first kappa shape index (κ1) is 19.4. The Bertz CT molecular complexity index is 1100. The number of carbonyl (C=O) groups is 1. The van der Waals surface area contributed by atoms with Crippen LogP contribution in [0.3, 0.4) is 0 Å². The van der Waals surface area contributed by atoms with Crippen molar-refractivity contribution < 1.29 is 9.53 Å². The summed E-state index contributed by atoms with van der Waals surface area (Å²) >= 11 is 0. The van der Waals surface area contributed by atoms with Gasteiger partial charge in [-0.05, 0) is 54.4 Å². The van der Waals surface area contributed by atoms with Gasteiger partial charge in [0.05, 0.1) is 41.2 Å². The van der Waals surface area contributed by atoms with E-state index in [0.29, 0.717) is 17.7 Å². The highest BCUT2D eigenvalue weighted by Crippen LogP contribution is 2.36. The van der Waals surface area contributed by atoms with Crippen LogP contribution >= 0.6 is 0 Å². The average Bonchev–Trinajstić information content (AvgIpc) is 3.25. The van der Waals surface area contributed by atoms with Gasteiger partial charge in [-0.25, -0.2) is 4.79 Å². The molecule has 0 radical (unpaired) electrons. The van der Waals surface area contributed by atoms with E-state index in [4.69, 9.17) is 15.1 Å². The van der Waals surface area contributed by atoms with E-state index in [1.54, 1.807) is 31.2 Å². The van der Waals surface area contributed by atoms with Crippen molar-refractivity contribution in [3.8, 4) is 6.07 Å². The fraction of sp³-hybridized carbons (Fsp3) is 0.160. The lowest BCUT2D eigenvalue weighted by molar-refractivity contribution is 0.0526. The minimum atomic E-state index is -0.321. The summed E-state index contributed by atoms with van der Waals surface area (Å²) < 4.78 is 5.06. The highest BCUT2D eigenvalue weighted by molar-refractivity contribution is 6.04. The molecule has 0 saturated heterocycles. The van der Waals surface area contributed by atoms with Gasteiger partial charge in [-0.3, -0.25) is 5.01 Å². The molecule has 0 amide bonds. The molecule has 0 spiro atoms. The fourth-order valence-electron chi connectivity index (χ4n) is 3.56. The number of nitrogens with zero attached hydrogens (tertiary/aromatic N) is 3. The summed E-state index contributed by atoms with van der Waals surface area (Å²) in [6.07, 6.45) is 0.739. The molecular formula is C25H21N3O2. The molecule has 0 fully saturated rings. The van der Waals surface area contributed by atoms with Crippen molar-refractivity contribution in [2.24, 2.45) is 5.10 Å². The summed E-state index contributed by atoms with van der Waals surface area (Å²) in [5.74, 6) is -0.321. The van der Waals surface area contributed by atoms with E-state index in [2.05, 4.69) is 18.2 Å². The molecule has 0 aliphatic carbocycles. The Morgan fingerprint density at radius 3 is 2.40 bits per heavy atom. The molecule has 3 aromatic rings. The van der Waals surface area contributed by atoms with Crippen LogP contribution in [0.5, 0.6) is 0 Å². The second-order valence-electron chi connectivity index (χ2n) is 6.98. The molecule has 148 valence electrons. The van der Waals surface area contributed by atoms with E-state index in [1.807, 2.05) is 47.5 Å². The van der Waals surface area contributed by atoms with Crippen molar-refractivity contribution >= 4 is 17.4 Å². The molecule has 30 heavy (non-hydrogen) atoms. The number of esters is 1. The Labute approximate surface area is 175 Å². The quantitative estimate of drug-likeness (QED) is 0.565. The number of rotatable bonds is 5. The summed E-state index contributed by atoms with van der Waals surface area (Å²) in [6.45, 7) is 2.15. The van der Waals surface area contributed by atoms with Crippen LogP contribution in [0.4, 0.5) is 5.69 Å². The van der Waals surface area contributed by atoms with Crippen molar-refractivity contribution in [2.75, 3.05) is 11.6 Å². The third-order valence-electron chi connectivity index (χ3n) is 5.08.